The van der Waals surface area contributed by atoms with Crippen LogP contribution in [0.5, 0.6) is 0 Å². The Morgan fingerprint density at radius 2 is 1.94 bits per heavy atom. The summed E-state index contributed by atoms with van der Waals surface area (Å²) in [5, 5.41) is 10.5. The average Bonchev–Trinajstić information content (AvgIpc) is 2.60. The highest BCUT2D eigenvalue weighted by Crippen LogP contribution is 2.39. The second kappa shape index (κ2) is 5.36. The van der Waals surface area contributed by atoms with E-state index >= 15 is 0 Å². The summed E-state index contributed by atoms with van der Waals surface area (Å²) >= 11 is 14.1. The molecule has 0 saturated carbocycles. The topological polar surface area (TPSA) is 20.2 Å². The van der Waals surface area contributed by atoms with Crippen molar-refractivity contribution in [3.63, 3.8) is 0 Å². The van der Waals surface area contributed by atoms with E-state index in [2.05, 4.69) is 31.9 Å². The normalized spacial score (nSPS) is 12.8. The molecule has 1 heterocycles. The average molecular weight is 400 g/mol. The van der Waals surface area contributed by atoms with Crippen molar-refractivity contribution in [1.29, 1.82) is 0 Å². The lowest BCUT2D eigenvalue weighted by Gasteiger charge is -2.12. The molecule has 6 heteroatoms. The summed E-state index contributed by atoms with van der Waals surface area (Å²) in [5.41, 5.74) is 1.02. The van der Waals surface area contributed by atoms with Gasteiger partial charge in [0.25, 0.3) is 0 Å². The van der Waals surface area contributed by atoms with Crippen molar-refractivity contribution in [2.45, 2.75) is 6.10 Å². The van der Waals surface area contributed by atoms with E-state index < -0.39 is 11.9 Å². The van der Waals surface area contributed by atoms with E-state index in [4.69, 9.17) is 11.6 Å². The molecular weight excluding hydrogens is 394 g/mol. The van der Waals surface area contributed by atoms with Crippen molar-refractivity contribution in [3.05, 3.63) is 53.8 Å². The fourth-order valence-electron chi connectivity index (χ4n) is 1.43. The van der Waals surface area contributed by atoms with Crippen LogP contribution in [-0.4, -0.2) is 5.11 Å². The molecule has 0 aliphatic heterocycles. The summed E-state index contributed by atoms with van der Waals surface area (Å²) in [6, 6.07) is 5.72. The highest BCUT2D eigenvalue weighted by atomic mass is 79.9. The van der Waals surface area contributed by atoms with E-state index in [0.29, 0.717) is 16.1 Å². The summed E-state index contributed by atoms with van der Waals surface area (Å²) in [6.45, 7) is 0. The van der Waals surface area contributed by atoms with Gasteiger partial charge in [-0.05, 0) is 56.1 Å². The Morgan fingerprint density at radius 3 is 2.53 bits per heavy atom. The molecule has 17 heavy (non-hydrogen) atoms. The Hall–Kier alpha value is 0.0600. The zero-order chi connectivity index (χ0) is 12.6. The predicted octanol–water partition coefficient (Wildman–Crippen LogP) is 5.15. The molecule has 1 aromatic heterocycles. The third-order valence-electron chi connectivity index (χ3n) is 2.23. The van der Waals surface area contributed by atoms with Crippen LogP contribution in [0.15, 0.2) is 31.8 Å². The van der Waals surface area contributed by atoms with Gasteiger partial charge in [0.05, 0.1) is 7.57 Å². The standard InChI is InChI=1S/C11H6Br2ClFOS/c12-9-4-7(11(13)17-9)10(16)6-3-5(15)1-2-8(6)14/h1-4,10,16H. The van der Waals surface area contributed by atoms with Gasteiger partial charge < -0.3 is 5.11 Å². The highest BCUT2D eigenvalue weighted by Gasteiger charge is 2.19. The smallest absolute Gasteiger partial charge is 0.123 e. The van der Waals surface area contributed by atoms with Gasteiger partial charge in [-0.15, -0.1) is 11.3 Å². The van der Waals surface area contributed by atoms with Crippen molar-refractivity contribution >= 4 is 54.8 Å². The van der Waals surface area contributed by atoms with E-state index in [1.807, 2.05) is 0 Å². The zero-order valence-corrected chi connectivity index (χ0v) is 13.0. The summed E-state index contributed by atoms with van der Waals surface area (Å²) in [6.07, 6.45) is -0.949. The Kier molecular flexibility index (Phi) is 4.26. The highest BCUT2D eigenvalue weighted by molar-refractivity contribution is 9.12. The third kappa shape index (κ3) is 2.90. The number of aliphatic hydroxyl groups is 1. The Bertz CT molecular complexity index is 558. The molecule has 0 radical (unpaired) electrons. The molecule has 0 bridgehead atoms. The van der Waals surface area contributed by atoms with E-state index in [9.17, 15) is 9.50 Å². The number of benzene rings is 1. The Morgan fingerprint density at radius 1 is 1.24 bits per heavy atom. The molecule has 0 fully saturated rings. The number of rotatable bonds is 2. The van der Waals surface area contributed by atoms with Crippen LogP contribution in [-0.2, 0) is 0 Å². The molecule has 0 spiro atoms. The number of thiophene rings is 1. The summed E-state index contributed by atoms with van der Waals surface area (Å²) in [4.78, 5) is 0. The van der Waals surface area contributed by atoms with Crippen LogP contribution in [0.2, 0.25) is 5.02 Å². The lowest BCUT2D eigenvalue weighted by molar-refractivity contribution is 0.219. The van der Waals surface area contributed by atoms with Gasteiger partial charge in [0.1, 0.15) is 11.9 Å². The second-order valence-corrected chi connectivity index (χ2v) is 7.50. The third-order valence-corrected chi connectivity index (χ3v) is 4.96. The molecule has 0 amide bonds. The number of halogens is 4. The molecule has 1 unspecified atom stereocenters. The van der Waals surface area contributed by atoms with E-state index in [0.717, 1.165) is 7.57 Å². The van der Waals surface area contributed by atoms with Crippen LogP contribution < -0.4 is 0 Å². The largest absolute Gasteiger partial charge is 0.384 e. The maximum Gasteiger partial charge on any atom is 0.123 e. The Labute approximate surface area is 123 Å². The van der Waals surface area contributed by atoms with Gasteiger partial charge in [-0.2, -0.15) is 0 Å². The molecule has 0 aliphatic rings. The lowest BCUT2D eigenvalue weighted by atomic mass is 10.0. The maximum absolute atomic E-state index is 13.1. The molecule has 2 aromatic rings. The fourth-order valence-corrected chi connectivity index (χ4v) is 4.54. The molecule has 2 rings (SSSR count). The molecule has 1 aromatic carbocycles. The molecular formula is C11H6Br2ClFOS. The SMILES string of the molecule is OC(c1cc(F)ccc1Cl)c1cc(Br)sc1Br. The van der Waals surface area contributed by atoms with Gasteiger partial charge in [0.2, 0.25) is 0 Å². The van der Waals surface area contributed by atoms with Crippen molar-refractivity contribution in [2.75, 3.05) is 0 Å². The van der Waals surface area contributed by atoms with E-state index in [1.165, 1.54) is 29.5 Å². The summed E-state index contributed by atoms with van der Waals surface area (Å²) in [5.74, 6) is -0.422. The molecule has 0 saturated heterocycles. The van der Waals surface area contributed by atoms with Crippen LogP contribution in [0.3, 0.4) is 0 Å². The van der Waals surface area contributed by atoms with Crippen LogP contribution in [0.1, 0.15) is 17.2 Å². The van der Waals surface area contributed by atoms with E-state index in [-0.39, 0.29) is 0 Å². The minimum absolute atomic E-state index is 0.341. The summed E-state index contributed by atoms with van der Waals surface area (Å²) < 4.78 is 14.8. The predicted molar refractivity (Wildman–Crippen MR) is 75.2 cm³/mol. The first-order chi connectivity index (χ1) is 7.99. The van der Waals surface area contributed by atoms with Crippen molar-refractivity contribution in [1.82, 2.24) is 0 Å². The fraction of sp³-hybridized carbons (Fsp3) is 0.0909. The first kappa shape index (κ1) is 13.5. The molecule has 1 atom stereocenters. The van der Waals surface area contributed by atoms with Crippen molar-refractivity contribution < 1.29 is 9.50 Å². The molecule has 0 aliphatic carbocycles. The molecule has 90 valence electrons. The van der Waals surface area contributed by atoms with Crippen LogP contribution in [0.4, 0.5) is 4.39 Å². The van der Waals surface area contributed by atoms with Gasteiger partial charge in [-0.1, -0.05) is 11.6 Å². The maximum atomic E-state index is 13.1. The number of aliphatic hydroxyl groups excluding tert-OH is 1. The monoisotopic (exact) mass is 398 g/mol. The van der Waals surface area contributed by atoms with Gasteiger partial charge >= 0.3 is 0 Å². The van der Waals surface area contributed by atoms with Gasteiger partial charge in [0.15, 0.2) is 0 Å². The summed E-state index contributed by atoms with van der Waals surface area (Å²) in [7, 11) is 0. The first-order valence-electron chi connectivity index (χ1n) is 4.57. The minimum Gasteiger partial charge on any atom is -0.384 e. The second-order valence-electron chi connectivity index (χ2n) is 3.35. The van der Waals surface area contributed by atoms with Crippen molar-refractivity contribution in [3.8, 4) is 0 Å². The zero-order valence-electron chi connectivity index (χ0n) is 8.25. The Balaban J connectivity index is 2.46. The van der Waals surface area contributed by atoms with Crippen LogP contribution >= 0.6 is 54.8 Å². The number of hydrogen-bond donors (Lipinski definition) is 1. The first-order valence-corrected chi connectivity index (χ1v) is 7.35. The molecule has 1 nitrogen and oxygen atoms in total. The lowest BCUT2D eigenvalue weighted by Crippen LogP contribution is -2.00. The van der Waals surface area contributed by atoms with Crippen molar-refractivity contribution in [2.24, 2.45) is 0 Å². The van der Waals surface area contributed by atoms with Crippen LogP contribution in [0.25, 0.3) is 0 Å². The van der Waals surface area contributed by atoms with Gasteiger partial charge in [0, 0.05) is 16.1 Å². The van der Waals surface area contributed by atoms with E-state index in [1.54, 1.807) is 6.07 Å². The quantitative estimate of drug-likeness (QED) is 0.739. The van der Waals surface area contributed by atoms with Gasteiger partial charge in [-0.3, -0.25) is 0 Å². The minimum atomic E-state index is -0.949. The molecule has 1 N–H and O–H groups in total. The number of hydrogen-bond acceptors (Lipinski definition) is 2. The van der Waals surface area contributed by atoms with Crippen LogP contribution in [0, 0.1) is 5.82 Å². The van der Waals surface area contributed by atoms with Gasteiger partial charge in [-0.25, -0.2) is 4.39 Å².